The number of amides is 2. The van der Waals surface area contributed by atoms with Gasteiger partial charge in [0.1, 0.15) is 5.69 Å². The van der Waals surface area contributed by atoms with Gasteiger partial charge in [0.2, 0.25) is 5.91 Å². The van der Waals surface area contributed by atoms with Gasteiger partial charge >= 0.3 is 0 Å². The Morgan fingerprint density at radius 3 is 2.68 bits per heavy atom. The molecule has 0 aliphatic carbocycles. The zero-order valence-electron chi connectivity index (χ0n) is 13.4. The van der Waals surface area contributed by atoms with Crippen LogP contribution in [0, 0.1) is 11.3 Å². The second kappa shape index (κ2) is 6.32. The first kappa shape index (κ1) is 16.9. The second-order valence-corrected chi connectivity index (χ2v) is 7.30. The molecule has 0 saturated carbocycles. The predicted octanol–water partition coefficient (Wildman–Crippen LogP) is 2.43. The molecule has 0 aromatic carbocycles. The summed E-state index contributed by atoms with van der Waals surface area (Å²) in [4.78, 5) is 26.0. The van der Waals surface area contributed by atoms with Crippen LogP contribution in [0.25, 0.3) is 0 Å². The highest BCUT2D eigenvalue weighted by molar-refractivity contribution is 6.31. The first-order chi connectivity index (χ1) is 10.2. The molecule has 1 aliphatic heterocycles. The van der Waals surface area contributed by atoms with Crippen LogP contribution in [0.2, 0.25) is 5.02 Å². The Balaban J connectivity index is 2.06. The number of piperidine rings is 1. The number of rotatable bonds is 4. The van der Waals surface area contributed by atoms with E-state index in [9.17, 15) is 9.59 Å². The Hall–Kier alpha value is -1.49. The Bertz CT molecular complexity index is 580. The monoisotopic (exact) mass is 325 g/mol. The lowest BCUT2D eigenvalue weighted by atomic mass is 9.79. The van der Waals surface area contributed by atoms with Crippen LogP contribution in [0.15, 0.2) is 12.3 Å². The topological polar surface area (TPSA) is 68.3 Å². The molecule has 2 N–H and O–H groups in total. The third-order valence-corrected chi connectivity index (χ3v) is 4.67. The van der Waals surface area contributed by atoms with Crippen LogP contribution in [-0.2, 0) is 11.8 Å². The van der Waals surface area contributed by atoms with Crippen molar-refractivity contribution in [1.29, 1.82) is 0 Å². The molecule has 6 heteroatoms. The Morgan fingerprint density at radius 2 is 2.14 bits per heavy atom. The van der Waals surface area contributed by atoms with Crippen molar-refractivity contribution < 1.29 is 9.59 Å². The van der Waals surface area contributed by atoms with Crippen molar-refractivity contribution in [3.05, 3.63) is 23.0 Å². The average molecular weight is 326 g/mol. The van der Waals surface area contributed by atoms with Gasteiger partial charge in [-0.1, -0.05) is 25.4 Å². The fourth-order valence-electron chi connectivity index (χ4n) is 3.14. The van der Waals surface area contributed by atoms with Crippen molar-refractivity contribution in [2.45, 2.75) is 33.1 Å². The van der Waals surface area contributed by atoms with Crippen LogP contribution >= 0.6 is 11.6 Å². The zero-order valence-corrected chi connectivity index (χ0v) is 14.2. The summed E-state index contributed by atoms with van der Waals surface area (Å²) in [6.07, 6.45) is 4.41. The van der Waals surface area contributed by atoms with Gasteiger partial charge in [-0.05, 0) is 31.2 Å². The zero-order chi connectivity index (χ0) is 16.5. The summed E-state index contributed by atoms with van der Waals surface area (Å²) in [5.74, 6) is 0.0112. The van der Waals surface area contributed by atoms with Gasteiger partial charge in [0.05, 0.1) is 5.02 Å². The first-order valence-electron chi connectivity index (χ1n) is 7.62. The number of nitrogens with two attached hydrogens (primary N) is 1. The minimum atomic E-state index is -0.537. The summed E-state index contributed by atoms with van der Waals surface area (Å²) in [6, 6.07) is 1.70. The number of primary amides is 1. The minimum absolute atomic E-state index is 0.00372. The van der Waals surface area contributed by atoms with Gasteiger partial charge < -0.3 is 15.2 Å². The van der Waals surface area contributed by atoms with Crippen molar-refractivity contribution in [3.8, 4) is 0 Å². The maximum Gasteiger partial charge on any atom is 0.270 e. The lowest BCUT2D eigenvalue weighted by Crippen LogP contribution is -2.43. The molecule has 122 valence electrons. The molecule has 1 aromatic rings. The molecule has 22 heavy (non-hydrogen) atoms. The normalized spacial score (nSPS) is 19.3. The molecule has 0 bridgehead atoms. The molecule has 1 aromatic heterocycles. The highest BCUT2D eigenvalue weighted by Crippen LogP contribution is 2.31. The van der Waals surface area contributed by atoms with E-state index < -0.39 is 5.41 Å². The number of carbonyl (C=O) groups is 2. The first-order valence-corrected chi connectivity index (χ1v) is 7.99. The minimum Gasteiger partial charge on any atom is -0.369 e. The highest BCUT2D eigenvalue weighted by Gasteiger charge is 2.33. The van der Waals surface area contributed by atoms with Crippen LogP contribution in [0.1, 0.15) is 43.6 Å². The molecule has 1 aliphatic rings. The molecule has 1 unspecified atom stereocenters. The maximum absolute atomic E-state index is 12.6. The largest absolute Gasteiger partial charge is 0.369 e. The maximum atomic E-state index is 12.6. The Kier molecular flexibility index (Phi) is 4.85. The Morgan fingerprint density at radius 1 is 1.45 bits per heavy atom. The van der Waals surface area contributed by atoms with E-state index in [1.165, 1.54) is 0 Å². The van der Waals surface area contributed by atoms with E-state index in [2.05, 4.69) is 0 Å². The summed E-state index contributed by atoms with van der Waals surface area (Å²) in [5, 5.41) is 0.564. The molecular weight excluding hydrogens is 302 g/mol. The van der Waals surface area contributed by atoms with Crippen LogP contribution < -0.4 is 5.73 Å². The molecule has 2 amide bonds. The number of hydrogen-bond donors (Lipinski definition) is 1. The van der Waals surface area contributed by atoms with Crippen LogP contribution in [0.3, 0.4) is 0 Å². The molecule has 1 atom stereocenters. The van der Waals surface area contributed by atoms with Crippen molar-refractivity contribution in [2.75, 3.05) is 13.1 Å². The van der Waals surface area contributed by atoms with E-state index >= 15 is 0 Å². The summed E-state index contributed by atoms with van der Waals surface area (Å²) < 4.78 is 1.75. The number of hydrogen-bond acceptors (Lipinski definition) is 2. The number of carbonyl (C=O) groups excluding carboxylic acids is 2. The lowest BCUT2D eigenvalue weighted by Gasteiger charge is -2.36. The van der Waals surface area contributed by atoms with E-state index in [1.54, 1.807) is 16.8 Å². The smallest absolute Gasteiger partial charge is 0.270 e. The number of nitrogens with zero attached hydrogens (tertiary/aromatic N) is 2. The number of likely N-dealkylation sites (tertiary alicyclic amines) is 1. The molecule has 5 nitrogen and oxygen atoms in total. The third-order valence-electron chi connectivity index (χ3n) is 4.46. The van der Waals surface area contributed by atoms with Crippen molar-refractivity contribution in [1.82, 2.24) is 9.47 Å². The van der Waals surface area contributed by atoms with Crippen molar-refractivity contribution >= 4 is 23.4 Å². The van der Waals surface area contributed by atoms with Crippen molar-refractivity contribution in [3.63, 3.8) is 0 Å². The number of aromatic nitrogens is 1. The highest BCUT2D eigenvalue weighted by atomic mass is 35.5. The summed E-state index contributed by atoms with van der Waals surface area (Å²) in [7, 11) is 1.82. The molecule has 0 radical (unpaired) electrons. The fourth-order valence-corrected chi connectivity index (χ4v) is 3.39. The summed E-state index contributed by atoms with van der Waals surface area (Å²) in [5.41, 5.74) is 5.52. The van der Waals surface area contributed by atoms with E-state index in [4.69, 9.17) is 17.3 Å². The van der Waals surface area contributed by atoms with E-state index in [0.29, 0.717) is 29.6 Å². The van der Waals surface area contributed by atoms with E-state index in [1.807, 2.05) is 25.8 Å². The van der Waals surface area contributed by atoms with Gasteiger partial charge in [-0.2, -0.15) is 0 Å². The molecule has 2 heterocycles. The average Bonchev–Trinajstić information content (AvgIpc) is 2.76. The van der Waals surface area contributed by atoms with Gasteiger partial charge in [0, 0.05) is 31.7 Å². The van der Waals surface area contributed by atoms with E-state index in [-0.39, 0.29) is 11.8 Å². The lowest BCUT2D eigenvalue weighted by molar-refractivity contribution is -0.127. The summed E-state index contributed by atoms with van der Waals surface area (Å²) in [6.45, 7) is 5.15. The standard InChI is InChI=1S/C16H24ClN3O2/c1-16(2,15(18)22)8-11-5-4-6-20(9-11)14(21)13-7-12(17)10-19(13)3/h7,10-11H,4-6,8-9H2,1-3H3,(H2,18,22). The van der Waals surface area contributed by atoms with E-state index in [0.717, 1.165) is 19.4 Å². The fraction of sp³-hybridized carbons (Fsp3) is 0.625. The molecule has 2 rings (SSSR count). The second-order valence-electron chi connectivity index (χ2n) is 6.87. The SMILES string of the molecule is Cn1cc(Cl)cc1C(=O)N1CCCC(CC(C)(C)C(N)=O)C1. The quantitative estimate of drug-likeness (QED) is 0.923. The molecule has 1 fully saturated rings. The third kappa shape index (κ3) is 3.64. The van der Waals surface area contributed by atoms with Gasteiger partial charge in [-0.25, -0.2) is 0 Å². The number of halogens is 1. The van der Waals surface area contributed by atoms with Crippen LogP contribution in [0.4, 0.5) is 0 Å². The van der Waals surface area contributed by atoms with Gasteiger partial charge in [0.15, 0.2) is 0 Å². The number of aryl methyl sites for hydroxylation is 1. The van der Waals surface area contributed by atoms with Gasteiger partial charge in [-0.15, -0.1) is 0 Å². The van der Waals surface area contributed by atoms with Crippen LogP contribution in [0.5, 0.6) is 0 Å². The molecule has 0 spiro atoms. The van der Waals surface area contributed by atoms with Gasteiger partial charge in [-0.3, -0.25) is 9.59 Å². The Labute approximate surface area is 136 Å². The molecule has 1 saturated heterocycles. The van der Waals surface area contributed by atoms with Crippen LogP contribution in [-0.4, -0.2) is 34.4 Å². The van der Waals surface area contributed by atoms with Gasteiger partial charge in [0.25, 0.3) is 5.91 Å². The van der Waals surface area contributed by atoms with Crippen molar-refractivity contribution in [2.24, 2.45) is 24.1 Å². The predicted molar refractivity (Wildman–Crippen MR) is 86.6 cm³/mol. The summed E-state index contributed by atoms with van der Waals surface area (Å²) >= 11 is 5.96. The molecular formula is C16H24ClN3O2.